The highest BCUT2D eigenvalue weighted by Crippen LogP contribution is 1.99. The van der Waals surface area contributed by atoms with E-state index < -0.39 is 0 Å². The maximum absolute atomic E-state index is 8.89. The summed E-state index contributed by atoms with van der Waals surface area (Å²) in [6.07, 6.45) is 7.74. The van der Waals surface area contributed by atoms with Crippen LogP contribution in [0.5, 0.6) is 0 Å². The minimum Gasteiger partial charge on any atom is -0.285 e. The van der Waals surface area contributed by atoms with Gasteiger partial charge in [-0.1, -0.05) is 38.2 Å². The fourth-order valence-electron chi connectivity index (χ4n) is 1.14. The molecule has 2 heteroatoms. The maximum atomic E-state index is 8.89. The molecule has 1 unspecified atom stereocenters. The predicted molar refractivity (Wildman–Crippen MR) is 56.3 cm³/mol. The summed E-state index contributed by atoms with van der Waals surface area (Å²) in [7, 11) is 0. The summed E-state index contributed by atoms with van der Waals surface area (Å²) in [6, 6.07) is 2.18. The lowest BCUT2D eigenvalue weighted by Crippen LogP contribution is -2.32. The zero-order chi connectivity index (χ0) is 10.1. The van der Waals surface area contributed by atoms with Gasteiger partial charge in [0.1, 0.15) is 6.04 Å². The Morgan fingerprint density at radius 3 is 2.31 bits per heavy atom. The van der Waals surface area contributed by atoms with Crippen molar-refractivity contribution >= 4 is 0 Å². The van der Waals surface area contributed by atoms with Crippen LogP contribution in [0.3, 0.4) is 0 Å². The molecule has 0 fully saturated rings. The van der Waals surface area contributed by atoms with Gasteiger partial charge in [0.2, 0.25) is 0 Å². The molecular formula is C11H18N2. The fourth-order valence-corrected chi connectivity index (χ4v) is 1.14. The van der Waals surface area contributed by atoms with Crippen molar-refractivity contribution in [1.29, 1.82) is 5.26 Å². The van der Waals surface area contributed by atoms with Gasteiger partial charge in [-0.05, 0) is 20.0 Å². The molecule has 0 aromatic heterocycles. The molecule has 72 valence electrons. The van der Waals surface area contributed by atoms with Crippen molar-refractivity contribution in [2.75, 3.05) is 13.1 Å². The topological polar surface area (TPSA) is 27.0 Å². The number of rotatable bonds is 5. The van der Waals surface area contributed by atoms with Gasteiger partial charge in [0, 0.05) is 0 Å². The second kappa shape index (κ2) is 7.57. The van der Waals surface area contributed by atoms with E-state index in [-0.39, 0.29) is 6.04 Å². The van der Waals surface area contributed by atoms with Gasteiger partial charge in [-0.2, -0.15) is 5.26 Å². The molecule has 13 heavy (non-hydrogen) atoms. The summed E-state index contributed by atoms with van der Waals surface area (Å²) in [5.41, 5.74) is 0. The molecule has 0 bridgehead atoms. The Balaban J connectivity index is 4.25. The first-order valence-corrected chi connectivity index (χ1v) is 4.73. The molecule has 0 amide bonds. The molecule has 0 radical (unpaired) electrons. The van der Waals surface area contributed by atoms with Gasteiger partial charge in [0.25, 0.3) is 0 Å². The van der Waals surface area contributed by atoms with Crippen molar-refractivity contribution in [3.05, 3.63) is 24.3 Å². The number of nitrogens with zero attached hydrogens (tertiary/aromatic N) is 2. The molecule has 0 aromatic rings. The molecule has 0 aliphatic heterocycles. The van der Waals surface area contributed by atoms with E-state index in [4.69, 9.17) is 5.26 Å². The molecule has 0 saturated carbocycles. The highest BCUT2D eigenvalue weighted by molar-refractivity contribution is 5.12. The summed E-state index contributed by atoms with van der Waals surface area (Å²) in [5.74, 6) is 0. The van der Waals surface area contributed by atoms with E-state index in [9.17, 15) is 0 Å². The van der Waals surface area contributed by atoms with Crippen LogP contribution in [0.4, 0.5) is 0 Å². The molecule has 0 spiro atoms. The monoisotopic (exact) mass is 178 g/mol. The molecule has 1 atom stereocenters. The number of likely N-dealkylation sites (N-methyl/N-ethyl adjacent to an activating group) is 1. The van der Waals surface area contributed by atoms with E-state index in [0.717, 1.165) is 13.1 Å². The van der Waals surface area contributed by atoms with Gasteiger partial charge in [-0.15, -0.1) is 0 Å². The Labute approximate surface area is 81.2 Å². The Morgan fingerprint density at radius 2 is 1.92 bits per heavy atom. The summed E-state index contributed by atoms with van der Waals surface area (Å²) in [5, 5.41) is 8.89. The minimum absolute atomic E-state index is 0.0915. The first kappa shape index (κ1) is 11.9. The summed E-state index contributed by atoms with van der Waals surface area (Å²) < 4.78 is 0. The van der Waals surface area contributed by atoms with E-state index in [1.165, 1.54) is 0 Å². The van der Waals surface area contributed by atoms with Crippen LogP contribution in [0.1, 0.15) is 20.8 Å². The third-order valence-corrected chi connectivity index (χ3v) is 1.93. The highest BCUT2D eigenvalue weighted by atomic mass is 15.1. The lowest BCUT2D eigenvalue weighted by molar-refractivity contribution is 0.293. The van der Waals surface area contributed by atoms with Crippen LogP contribution in [0.15, 0.2) is 24.3 Å². The molecule has 0 aromatic carbocycles. The fraction of sp³-hybridized carbons (Fsp3) is 0.545. The van der Waals surface area contributed by atoms with Gasteiger partial charge in [0.15, 0.2) is 0 Å². The predicted octanol–water partition coefficient (Wildman–Crippen LogP) is 2.35. The molecule has 0 aliphatic rings. The lowest BCUT2D eigenvalue weighted by atomic mass is 10.2. The van der Waals surface area contributed by atoms with E-state index in [1.807, 2.05) is 31.2 Å². The van der Waals surface area contributed by atoms with E-state index in [1.54, 1.807) is 0 Å². The standard InChI is InChI=1S/C11H18N2/c1-4-7-8-9-11(10-12)13(5-2)6-3/h4,7-9,11H,5-6H2,1-3H3/b7-4+,9-8+. The average Bonchev–Trinajstić information content (AvgIpc) is 2.17. The molecule has 0 heterocycles. The van der Waals surface area contributed by atoms with Gasteiger partial charge in [-0.25, -0.2) is 0 Å². The Kier molecular flexibility index (Phi) is 6.95. The first-order chi connectivity index (χ1) is 6.29. The van der Waals surface area contributed by atoms with E-state index in [0.29, 0.717) is 0 Å². The van der Waals surface area contributed by atoms with Crippen molar-refractivity contribution in [2.24, 2.45) is 0 Å². The first-order valence-electron chi connectivity index (χ1n) is 4.73. The Bertz CT molecular complexity index is 207. The second-order valence-electron chi connectivity index (χ2n) is 2.71. The van der Waals surface area contributed by atoms with Crippen LogP contribution in [0, 0.1) is 11.3 Å². The van der Waals surface area contributed by atoms with Crippen LogP contribution in [0.2, 0.25) is 0 Å². The Hall–Kier alpha value is -1.07. The zero-order valence-electron chi connectivity index (χ0n) is 8.70. The van der Waals surface area contributed by atoms with Crippen molar-refractivity contribution in [3.8, 4) is 6.07 Å². The van der Waals surface area contributed by atoms with Gasteiger partial charge in [-0.3, -0.25) is 4.90 Å². The highest BCUT2D eigenvalue weighted by Gasteiger charge is 2.09. The van der Waals surface area contributed by atoms with Gasteiger partial charge >= 0.3 is 0 Å². The maximum Gasteiger partial charge on any atom is 0.117 e. The third-order valence-electron chi connectivity index (χ3n) is 1.93. The number of allylic oxidation sites excluding steroid dienone is 3. The quantitative estimate of drug-likeness (QED) is 0.604. The van der Waals surface area contributed by atoms with Crippen molar-refractivity contribution in [3.63, 3.8) is 0 Å². The van der Waals surface area contributed by atoms with Crippen LogP contribution >= 0.6 is 0 Å². The minimum atomic E-state index is -0.0915. The van der Waals surface area contributed by atoms with Crippen LogP contribution in [0.25, 0.3) is 0 Å². The van der Waals surface area contributed by atoms with Crippen LogP contribution in [-0.4, -0.2) is 24.0 Å². The zero-order valence-corrected chi connectivity index (χ0v) is 8.70. The smallest absolute Gasteiger partial charge is 0.117 e. The summed E-state index contributed by atoms with van der Waals surface area (Å²) in [4.78, 5) is 2.11. The largest absolute Gasteiger partial charge is 0.285 e. The Morgan fingerprint density at radius 1 is 1.31 bits per heavy atom. The normalized spacial score (nSPS) is 14.1. The summed E-state index contributed by atoms with van der Waals surface area (Å²) in [6.45, 7) is 7.92. The molecule has 0 aliphatic carbocycles. The summed E-state index contributed by atoms with van der Waals surface area (Å²) >= 11 is 0. The average molecular weight is 178 g/mol. The lowest BCUT2D eigenvalue weighted by Gasteiger charge is -2.20. The molecule has 2 nitrogen and oxygen atoms in total. The number of nitriles is 1. The van der Waals surface area contributed by atoms with E-state index >= 15 is 0 Å². The van der Waals surface area contributed by atoms with Crippen molar-refractivity contribution in [2.45, 2.75) is 26.8 Å². The van der Waals surface area contributed by atoms with Crippen LogP contribution in [-0.2, 0) is 0 Å². The molecular weight excluding hydrogens is 160 g/mol. The molecule has 0 N–H and O–H groups in total. The number of hydrogen-bond acceptors (Lipinski definition) is 2. The number of hydrogen-bond donors (Lipinski definition) is 0. The van der Waals surface area contributed by atoms with Crippen molar-refractivity contribution in [1.82, 2.24) is 4.90 Å². The van der Waals surface area contributed by atoms with E-state index in [2.05, 4.69) is 24.8 Å². The second-order valence-corrected chi connectivity index (χ2v) is 2.71. The van der Waals surface area contributed by atoms with Gasteiger partial charge in [0.05, 0.1) is 6.07 Å². The van der Waals surface area contributed by atoms with Crippen molar-refractivity contribution < 1.29 is 0 Å². The van der Waals surface area contributed by atoms with Crippen LogP contribution < -0.4 is 0 Å². The molecule has 0 rings (SSSR count). The SMILES string of the molecule is C/C=C/C=C/C(C#N)N(CC)CC. The van der Waals surface area contributed by atoms with Gasteiger partial charge < -0.3 is 0 Å². The third kappa shape index (κ3) is 4.49. The molecule has 0 saturated heterocycles.